The lowest BCUT2D eigenvalue weighted by molar-refractivity contribution is 0.398. The number of halogens is 1. The van der Waals surface area contributed by atoms with Crippen LogP contribution < -0.4 is 15.4 Å². The van der Waals surface area contributed by atoms with E-state index >= 15 is 0 Å². The van der Waals surface area contributed by atoms with Crippen molar-refractivity contribution in [3.63, 3.8) is 0 Å². The van der Waals surface area contributed by atoms with Gasteiger partial charge in [0.05, 0.1) is 12.8 Å². The molecule has 1 aromatic heterocycles. The maximum absolute atomic E-state index is 12.9. The Morgan fingerprint density at radius 1 is 1.17 bits per heavy atom. The zero-order valence-corrected chi connectivity index (χ0v) is 10.2. The average molecular weight is 247 g/mol. The van der Waals surface area contributed by atoms with Crippen LogP contribution in [0.1, 0.15) is 0 Å². The number of anilines is 3. The summed E-state index contributed by atoms with van der Waals surface area (Å²) in [5, 5.41) is 0. The molecule has 0 aliphatic carbocycles. The average Bonchev–Trinajstić information content (AvgIpc) is 2.39. The van der Waals surface area contributed by atoms with Crippen molar-refractivity contribution in [3.05, 3.63) is 42.2 Å². The maximum Gasteiger partial charge on any atom is 0.215 e. The molecule has 0 unspecified atom stereocenters. The molecule has 0 spiro atoms. The molecule has 0 aliphatic rings. The minimum Gasteiger partial charge on any atom is -0.481 e. The second-order valence-corrected chi connectivity index (χ2v) is 3.80. The quantitative estimate of drug-likeness (QED) is 0.905. The molecular formula is C13H14FN3O. The fourth-order valence-electron chi connectivity index (χ4n) is 1.61. The highest BCUT2D eigenvalue weighted by molar-refractivity contribution is 5.71. The third kappa shape index (κ3) is 2.34. The van der Waals surface area contributed by atoms with Gasteiger partial charge >= 0.3 is 0 Å². The van der Waals surface area contributed by atoms with E-state index in [1.165, 1.54) is 12.1 Å². The van der Waals surface area contributed by atoms with E-state index in [0.29, 0.717) is 17.4 Å². The van der Waals surface area contributed by atoms with E-state index in [4.69, 9.17) is 10.5 Å². The van der Waals surface area contributed by atoms with Gasteiger partial charge < -0.3 is 15.4 Å². The summed E-state index contributed by atoms with van der Waals surface area (Å²) in [6, 6.07) is 9.52. The predicted molar refractivity (Wildman–Crippen MR) is 69.7 cm³/mol. The van der Waals surface area contributed by atoms with Crippen LogP contribution >= 0.6 is 0 Å². The zero-order chi connectivity index (χ0) is 13.1. The van der Waals surface area contributed by atoms with Crippen LogP contribution in [0.2, 0.25) is 0 Å². The van der Waals surface area contributed by atoms with Gasteiger partial charge in [-0.3, -0.25) is 0 Å². The molecule has 1 heterocycles. The number of benzene rings is 1. The highest BCUT2D eigenvalue weighted by Crippen LogP contribution is 2.28. The van der Waals surface area contributed by atoms with Crippen molar-refractivity contribution in [3.8, 4) is 5.88 Å². The number of hydrogen-bond acceptors (Lipinski definition) is 4. The largest absolute Gasteiger partial charge is 0.481 e. The van der Waals surface area contributed by atoms with E-state index < -0.39 is 0 Å². The molecule has 0 aliphatic heterocycles. The van der Waals surface area contributed by atoms with Gasteiger partial charge in [-0.1, -0.05) is 0 Å². The van der Waals surface area contributed by atoms with Gasteiger partial charge in [-0.2, -0.15) is 4.98 Å². The van der Waals surface area contributed by atoms with E-state index in [9.17, 15) is 4.39 Å². The van der Waals surface area contributed by atoms with Crippen LogP contribution in [0, 0.1) is 5.82 Å². The second kappa shape index (κ2) is 4.91. The molecular weight excluding hydrogens is 233 g/mol. The number of rotatable bonds is 3. The Balaban J connectivity index is 2.38. The van der Waals surface area contributed by atoms with Gasteiger partial charge in [-0.05, 0) is 30.3 Å². The Hall–Kier alpha value is -2.30. The molecule has 2 aromatic rings. The normalized spacial score (nSPS) is 10.2. The fourth-order valence-corrected chi connectivity index (χ4v) is 1.61. The monoisotopic (exact) mass is 247 g/mol. The van der Waals surface area contributed by atoms with Crippen LogP contribution in [-0.2, 0) is 0 Å². The highest BCUT2D eigenvalue weighted by Gasteiger charge is 2.10. The summed E-state index contributed by atoms with van der Waals surface area (Å²) < 4.78 is 17.9. The minimum atomic E-state index is -0.279. The van der Waals surface area contributed by atoms with Gasteiger partial charge in [0, 0.05) is 18.8 Å². The molecule has 5 heteroatoms. The van der Waals surface area contributed by atoms with Crippen molar-refractivity contribution in [2.75, 3.05) is 24.8 Å². The molecule has 94 valence electrons. The van der Waals surface area contributed by atoms with Gasteiger partial charge in [0.25, 0.3) is 0 Å². The Labute approximate surface area is 105 Å². The molecule has 0 atom stereocenters. The standard InChI is InChI=1S/C13H14FN3O/c1-17(10-5-3-9(14)4-6-10)13-11(15)7-8-12(16-13)18-2/h3-8H,15H2,1-2H3. The second-order valence-electron chi connectivity index (χ2n) is 3.80. The van der Waals surface area contributed by atoms with Crippen LogP contribution in [0.4, 0.5) is 21.6 Å². The molecule has 0 fully saturated rings. The molecule has 2 rings (SSSR count). The lowest BCUT2D eigenvalue weighted by Gasteiger charge is -2.20. The molecule has 1 aromatic carbocycles. The van der Waals surface area contributed by atoms with E-state index in [0.717, 1.165) is 5.69 Å². The lowest BCUT2D eigenvalue weighted by atomic mass is 10.2. The number of hydrogen-bond donors (Lipinski definition) is 1. The minimum absolute atomic E-state index is 0.279. The number of nitrogen functional groups attached to an aromatic ring is 1. The number of pyridine rings is 1. The van der Waals surface area contributed by atoms with E-state index in [2.05, 4.69) is 4.98 Å². The van der Waals surface area contributed by atoms with E-state index in [1.54, 1.807) is 36.3 Å². The number of nitrogens with two attached hydrogens (primary N) is 1. The lowest BCUT2D eigenvalue weighted by Crippen LogP contribution is -2.13. The van der Waals surface area contributed by atoms with Gasteiger partial charge in [0.1, 0.15) is 5.82 Å². The highest BCUT2D eigenvalue weighted by atomic mass is 19.1. The first kappa shape index (κ1) is 12.2. The number of nitrogens with zero attached hydrogens (tertiary/aromatic N) is 2. The third-order valence-corrected chi connectivity index (χ3v) is 2.62. The Morgan fingerprint density at radius 3 is 2.44 bits per heavy atom. The first-order valence-electron chi connectivity index (χ1n) is 5.41. The Kier molecular flexibility index (Phi) is 3.32. The first-order chi connectivity index (χ1) is 8.61. The van der Waals surface area contributed by atoms with E-state index in [-0.39, 0.29) is 5.82 Å². The van der Waals surface area contributed by atoms with Gasteiger partial charge in [0.2, 0.25) is 5.88 Å². The predicted octanol–water partition coefficient (Wildman–Crippen LogP) is 2.58. The summed E-state index contributed by atoms with van der Waals surface area (Å²) in [7, 11) is 3.35. The van der Waals surface area contributed by atoms with Crippen LogP contribution in [0.3, 0.4) is 0 Å². The van der Waals surface area contributed by atoms with Gasteiger partial charge in [0.15, 0.2) is 5.82 Å². The summed E-state index contributed by atoms with van der Waals surface area (Å²) in [5.41, 5.74) is 7.20. The SMILES string of the molecule is COc1ccc(N)c(N(C)c2ccc(F)cc2)n1. The zero-order valence-electron chi connectivity index (χ0n) is 10.2. The first-order valence-corrected chi connectivity index (χ1v) is 5.41. The van der Waals surface area contributed by atoms with Crippen LogP contribution in [-0.4, -0.2) is 19.1 Å². The summed E-state index contributed by atoms with van der Waals surface area (Å²) in [4.78, 5) is 6.05. The van der Waals surface area contributed by atoms with Crippen LogP contribution in [0.5, 0.6) is 5.88 Å². The molecule has 0 amide bonds. The van der Waals surface area contributed by atoms with Crippen LogP contribution in [0.25, 0.3) is 0 Å². The number of methoxy groups -OCH3 is 1. The van der Waals surface area contributed by atoms with E-state index in [1.807, 2.05) is 7.05 Å². The molecule has 2 N–H and O–H groups in total. The summed E-state index contributed by atoms with van der Waals surface area (Å²) in [5.74, 6) is 0.771. The van der Waals surface area contributed by atoms with Crippen molar-refractivity contribution < 1.29 is 9.13 Å². The number of ether oxygens (including phenoxy) is 1. The Bertz CT molecular complexity index is 542. The van der Waals surface area contributed by atoms with Crippen molar-refractivity contribution in [2.24, 2.45) is 0 Å². The van der Waals surface area contributed by atoms with Crippen LogP contribution in [0.15, 0.2) is 36.4 Å². The maximum atomic E-state index is 12.9. The summed E-state index contributed by atoms with van der Waals surface area (Å²) in [6.45, 7) is 0. The van der Waals surface area contributed by atoms with Gasteiger partial charge in [-0.15, -0.1) is 0 Å². The molecule has 0 saturated carbocycles. The van der Waals surface area contributed by atoms with Crippen molar-refractivity contribution in [2.45, 2.75) is 0 Å². The molecule has 4 nitrogen and oxygen atoms in total. The number of aromatic nitrogens is 1. The fraction of sp³-hybridized carbons (Fsp3) is 0.154. The van der Waals surface area contributed by atoms with Gasteiger partial charge in [-0.25, -0.2) is 4.39 Å². The smallest absolute Gasteiger partial charge is 0.215 e. The molecule has 0 radical (unpaired) electrons. The topological polar surface area (TPSA) is 51.4 Å². The summed E-state index contributed by atoms with van der Waals surface area (Å²) in [6.07, 6.45) is 0. The van der Waals surface area contributed by atoms with Crippen molar-refractivity contribution in [1.29, 1.82) is 0 Å². The van der Waals surface area contributed by atoms with Crippen molar-refractivity contribution >= 4 is 17.2 Å². The van der Waals surface area contributed by atoms with Crippen molar-refractivity contribution in [1.82, 2.24) is 4.98 Å². The molecule has 0 bridgehead atoms. The molecule has 18 heavy (non-hydrogen) atoms. The summed E-state index contributed by atoms with van der Waals surface area (Å²) >= 11 is 0. The molecule has 0 saturated heterocycles. The third-order valence-electron chi connectivity index (χ3n) is 2.62. The Morgan fingerprint density at radius 2 is 1.83 bits per heavy atom.